The van der Waals surface area contributed by atoms with Crippen LogP contribution in [-0.4, -0.2) is 42.7 Å². The monoisotopic (exact) mass is 284 g/mol. The Bertz CT molecular complexity index is 351. The Morgan fingerprint density at radius 1 is 1.31 bits per heavy atom. The van der Waals surface area contributed by atoms with E-state index < -0.39 is 0 Å². The number of benzene rings is 1. The van der Waals surface area contributed by atoms with Crippen LogP contribution in [0, 0.1) is 0 Å². The number of nitrogens with one attached hydrogen (secondary N) is 1. The number of hydrogen-bond acceptors (Lipinski definition) is 3. The zero-order chi connectivity index (χ0) is 11.4. The molecule has 0 spiro atoms. The Morgan fingerprint density at radius 2 is 2.06 bits per heavy atom. The lowest BCUT2D eigenvalue weighted by molar-refractivity contribution is 0.243. The number of nitrogens with zero attached hydrogens (tertiary/aromatic N) is 1. The van der Waals surface area contributed by atoms with Crippen molar-refractivity contribution < 1.29 is 5.11 Å². The topological polar surface area (TPSA) is 35.5 Å². The van der Waals surface area contributed by atoms with E-state index in [1.54, 1.807) is 6.07 Å². The molecule has 1 saturated heterocycles. The predicted molar refractivity (Wildman–Crippen MR) is 68.8 cm³/mol. The van der Waals surface area contributed by atoms with Crippen LogP contribution in [0.15, 0.2) is 22.7 Å². The minimum absolute atomic E-state index is 0.393. The molecule has 0 bridgehead atoms. The van der Waals surface area contributed by atoms with Crippen molar-refractivity contribution >= 4 is 15.9 Å². The van der Waals surface area contributed by atoms with Crippen LogP contribution >= 0.6 is 15.9 Å². The molecule has 1 heterocycles. The Balaban J connectivity index is 1.88. The fourth-order valence-corrected chi connectivity index (χ4v) is 2.31. The van der Waals surface area contributed by atoms with E-state index in [2.05, 4.69) is 26.1 Å². The van der Waals surface area contributed by atoms with Gasteiger partial charge in [0.2, 0.25) is 0 Å². The first-order chi connectivity index (χ1) is 7.75. The number of aromatic hydroxyl groups is 1. The predicted octanol–water partition coefficient (Wildman–Crippen LogP) is 1.60. The Hall–Kier alpha value is -0.580. The molecule has 2 rings (SSSR count). The highest BCUT2D eigenvalue weighted by Gasteiger charge is 2.10. The lowest BCUT2D eigenvalue weighted by Crippen LogP contribution is -2.44. The van der Waals surface area contributed by atoms with E-state index >= 15 is 0 Å². The largest absolute Gasteiger partial charge is 0.508 e. The van der Waals surface area contributed by atoms with Gasteiger partial charge >= 0.3 is 0 Å². The number of phenolic OH excluding ortho intramolecular Hbond substituents is 1. The quantitative estimate of drug-likeness (QED) is 0.885. The van der Waals surface area contributed by atoms with Gasteiger partial charge < -0.3 is 15.3 Å². The molecular weight excluding hydrogens is 268 g/mol. The molecule has 1 fully saturated rings. The second-order valence-electron chi connectivity index (χ2n) is 4.11. The van der Waals surface area contributed by atoms with Crippen molar-refractivity contribution in [3.05, 3.63) is 28.2 Å². The van der Waals surface area contributed by atoms with Crippen LogP contribution in [-0.2, 0) is 6.42 Å². The molecular formula is C12H17BrN2O. The van der Waals surface area contributed by atoms with E-state index in [9.17, 15) is 5.11 Å². The van der Waals surface area contributed by atoms with Crippen LogP contribution in [0.3, 0.4) is 0 Å². The maximum atomic E-state index is 9.76. The normalized spacial score (nSPS) is 17.6. The molecule has 0 unspecified atom stereocenters. The van der Waals surface area contributed by atoms with Gasteiger partial charge in [-0.25, -0.2) is 0 Å². The summed E-state index contributed by atoms with van der Waals surface area (Å²) >= 11 is 3.35. The summed E-state index contributed by atoms with van der Waals surface area (Å²) in [5.74, 6) is 0.393. The first-order valence-electron chi connectivity index (χ1n) is 5.66. The number of hydrogen-bond donors (Lipinski definition) is 2. The van der Waals surface area contributed by atoms with Crippen LogP contribution in [0.2, 0.25) is 0 Å². The SMILES string of the molecule is Oc1cc(Br)ccc1CCN1CCNCC1. The second-order valence-corrected chi connectivity index (χ2v) is 5.03. The van der Waals surface area contributed by atoms with Crippen molar-refractivity contribution in [2.24, 2.45) is 0 Å². The highest BCUT2D eigenvalue weighted by molar-refractivity contribution is 9.10. The molecule has 3 nitrogen and oxygen atoms in total. The summed E-state index contributed by atoms with van der Waals surface area (Å²) in [5.41, 5.74) is 1.03. The molecule has 0 amide bonds. The molecule has 1 aliphatic heterocycles. The zero-order valence-corrected chi connectivity index (χ0v) is 10.8. The molecule has 0 atom stereocenters. The van der Waals surface area contributed by atoms with E-state index in [1.807, 2.05) is 12.1 Å². The van der Waals surface area contributed by atoms with Crippen LogP contribution < -0.4 is 5.32 Å². The highest BCUT2D eigenvalue weighted by Crippen LogP contribution is 2.22. The van der Waals surface area contributed by atoms with Gasteiger partial charge in [-0.1, -0.05) is 22.0 Å². The Kier molecular flexibility index (Phi) is 4.21. The lowest BCUT2D eigenvalue weighted by atomic mass is 10.1. The summed E-state index contributed by atoms with van der Waals surface area (Å²) in [6.45, 7) is 5.39. The summed E-state index contributed by atoms with van der Waals surface area (Å²) in [5, 5.41) is 13.1. The summed E-state index contributed by atoms with van der Waals surface area (Å²) in [4.78, 5) is 2.43. The molecule has 1 aromatic rings. The van der Waals surface area contributed by atoms with Crippen LogP contribution in [0.1, 0.15) is 5.56 Å². The van der Waals surface area contributed by atoms with Crippen LogP contribution in [0.5, 0.6) is 5.75 Å². The number of halogens is 1. The second kappa shape index (κ2) is 5.66. The van der Waals surface area contributed by atoms with Gasteiger partial charge in [-0.2, -0.15) is 0 Å². The summed E-state index contributed by atoms with van der Waals surface area (Å²) in [6, 6.07) is 5.72. The number of phenols is 1. The third-order valence-corrected chi connectivity index (χ3v) is 3.45. The maximum absolute atomic E-state index is 9.76. The van der Waals surface area contributed by atoms with Gasteiger partial charge in [0.15, 0.2) is 0 Å². The van der Waals surface area contributed by atoms with Crippen molar-refractivity contribution in [3.63, 3.8) is 0 Å². The zero-order valence-electron chi connectivity index (χ0n) is 9.25. The third kappa shape index (κ3) is 3.20. The van der Waals surface area contributed by atoms with E-state index in [4.69, 9.17) is 0 Å². The Morgan fingerprint density at radius 3 is 2.75 bits per heavy atom. The van der Waals surface area contributed by atoms with Crippen LogP contribution in [0.25, 0.3) is 0 Å². The van der Waals surface area contributed by atoms with Gasteiger partial charge in [-0.3, -0.25) is 0 Å². The molecule has 88 valence electrons. The molecule has 0 radical (unpaired) electrons. The molecule has 1 aliphatic rings. The van der Waals surface area contributed by atoms with E-state index in [0.717, 1.165) is 49.2 Å². The molecule has 0 aromatic heterocycles. The van der Waals surface area contributed by atoms with Crippen molar-refractivity contribution in [2.75, 3.05) is 32.7 Å². The van der Waals surface area contributed by atoms with Gasteiger partial charge in [0, 0.05) is 37.2 Å². The average molecular weight is 285 g/mol. The van der Waals surface area contributed by atoms with Crippen molar-refractivity contribution in [1.82, 2.24) is 10.2 Å². The smallest absolute Gasteiger partial charge is 0.119 e. The first-order valence-corrected chi connectivity index (χ1v) is 6.45. The van der Waals surface area contributed by atoms with E-state index in [0.29, 0.717) is 5.75 Å². The van der Waals surface area contributed by atoms with Gasteiger partial charge in [0.05, 0.1) is 0 Å². The molecule has 0 saturated carbocycles. The van der Waals surface area contributed by atoms with E-state index in [1.165, 1.54) is 0 Å². The van der Waals surface area contributed by atoms with Crippen molar-refractivity contribution in [1.29, 1.82) is 0 Å². The molecule has 1 aromatic carbocycles. The number of rotatable bonds is 3. The van der Waals surface area contributed by atoms with Crippen molar-refractivity contribution in [2.45, 2.75) is 6.42 Å². The maximum Gasteiger partial charge on any atom is 0.119 e. The van der Waals surface area contributed by atoms with Gasteiger partial charge in [0.1, 0.15) is 5.75 Å². The molecule has 2 N–H and O–H groups in total. The van der Waals surface area contributed by atoms with Crippen molar-refractivity contribution in [3.8, 4) is 5.75 Å². The van der Waals surface area contributed by atoms with Gasteiger partial charge in [0.25, 0.3) is 0 Å². The fraction of sp³-hybridized carbons (Fsp3) is 0.500. The van der Waals surface area contributed by atoms with Crippen LogP contribution in [0.4, 0.5) is 0 Å². The highest BCUT2D eigenvalue weighted by atomic mass is 79.9. The minimum atomic E-state index is 0.393. The first kappa shape index (κ1) is 11.9. The van der Waals surface area contributed by atoms with Gasteiger partial charge in [-0.15, -0.1) is 0 Å². The molecule has 0 aliphatic carbocycles. The van der Waals surface area contributed by atoms with E-state index in [-0.39, 0.29) is 0 Å². The third-order valence-electron chi connectivity index (χ3n) is 2.95. The summed E-state index contributed by atoms with van der Waals surface area (Å²) in [7, 11) is 0. The van der Waals surface area contributed by atoms with Gasteiger partial charge in [-0.05, 0) is 24.1 Å². The number of piperazine rings is 1. The lowest BCUT2D eigenvalue weighted by Gasteiger charge is -2.27. The summed E-state index contributed by atoms with van der Waals surface area (Å²) in [6.07, 6.45) is 0.916. The average Bonchev–Trinajstić information content (AvgIpc) is 2.29. The standard InChI is InChI=1S/C12H17BrN2O/c13-11-2-1-10(12(16)9-11)3-6-15-7-4-14-5-8-15/h1-2,9,14,16H,3-8H2. The summed E-state index contributed by atoms with van der Waals surface area (Å²) < 4.78 is 0.927. The Labute approximate surface area is 105 Å². The molecule has 16 heavy (non-hydrogen) atoms. The fourth-order valence-electron chi connectivity index (χ4n) is 1.96. The minimum Gasteiger partial charge on any atom is -0.508 e. The molecule has 4 heteroatoms.